The van der Waals surface area contributed by atoms with Crippen molar-refractivity contribution in [3.05, 3.63) is 28.3 Å². The first-order valence-electron chi connectivity index (χ1n) is 5.11. The lowest BCUT2D eigenvalue weighted by Crippen LogP contribution is -2.43. The van der Waals surface area contributed by atoms with E-state index in [0.29, 0.717) is 5.69 Å². The molecule has 0 saturated carbocycles. The quantitative estimate of drug-likeness (QED) is 0.570. The van der Waals surface area contributed by atoms with Gasteiger partial charge < -0.3 is 15.3 Å². The molecule has 0 aromatic heterocycles. The van der Waals surface area contributed by atoms with Crippen LogP contribution in [0.3, 0.4) is 0 Å². The molecule has 0 aliphatic carbocycles. The first kappa shape index (κ1) is 10.7. The first-order valence-corrected chi connectivity index (χ1v) is 5.11. The zero-order valence-corrected chi connectivity index (χ0v) is 8.72. The van der Waals surface area contributed by atoms with Gasteiger partial charge in [-0.05, 0) is 12.1 Å². The number of nitrogens with one attached hydrogen (secondary N) is 1. The molecule has 0 atom stereocenters. The Morgan fingerprint density at radius 3 is 2.69 bits per heavy atom. The average Bonchev–Trinajstić information content (AvgIpc) is 2.30. The van der Waals surface area contributed by atoms with Crippen molar-refractivity contribution in [3.63, 3.8) is 0 Å². The number of aromatic hydroxyl groups is 1. The van der Waals surface area contributed by atoms with Crippen molar-refractivity contribution in [3.8, 4) is 5.75 Å². The molecule has 2 N–H and O–H groups in total. The summed E-state index contributed by atoms with van der Waals surface area (Å²) in [5.74, 6) is -0.0782. The van der Waals surface area contributed by atoms with Crippen LogP contribution in [0.4, 0.5) is 11.4 Å². The highest BCUT2D eigenvalue weighted by molar-refractivity contribution is 5.65. The number of benzene rings is 1. The van der Waals surface area contributed by atoms with Gasteiger partial charge in [-0.2, -0.15) is 0 Å². The third kappa shape index (κ3) is 2.06. The summed E-state index contributed by atoms with van der Waals surface area (Å²) in [6, 6.07) is 4.26. The summed E-state index contributed by atoms with van der Waals surface area (Å²) >= 11 is 0. The van der Waals surface area contributed by atoms with E-state index in [1.165, 1.54) is 12.1 Å². The number of hydrogen-bond acceptors (Lipinski definition) is 5. The molecule has 6 nitrogen and oxygen atoms in total. The van der Waals surface area contributed by atoms with E-state index >= 15 is 0 Å². The molecule has 16 heavy (non-hydrogen) atoms. The second-order valence-electron chi connectivity index (χ2n) is 3.67. The highest BCUT2D eigenvalue weighted by Gasteiger charge is 2.21. The summed E-state index contributed by atoms with van der Waals surface area (Å²) in [6.07, 6.45) is 0. The van der Waals surface area contributed by atoms with Gasteiger partial charge >= 0.3 is 0 Å². The Kier molecular flexibility index (Phi) is 2.91. The summed E-state index contributed by atoms with van der Waals surface area (Å²) in [7, 11) is 0. The molecule has 1 aliphatic rings. The van der Waals surface area contributed by atoms with E-state index in [1.807, 2.05) is 4.90 Å². The minimum Gasteiger partial charge on any atom is -0.508 e. The lowest BCUT2D eigenvalue weighted by Gasteiger charge is -2.28. The third-order valence-corrected chi connectivity index (χ3v) is 2.61. The second kappa shape index (κ2) is 4.36. The van der Waals surface area contributed by atoms with E-state index in [1.54, 1.807) is 6.07 Å². The van der Waals surface area contributed by atoms with Crippen LogP contribution in [0.25, 0.3) is 0 Å². The smallest absolute Gasteiger partial charge is 0.296 e. The number of nitro benzene ring substituents is 1. The molecule has 1 aromatic rings. The molecule has 1 fully saturated rings. The number of phenolic OH excluding ortho intramolecular Hbond substituents is 1. The topological polar surface area (TPSA) is 78.6 Å². The Bertz CT molecular complexity index is 402. The Labute approximate surface area is 92.6 Å². The van der Waals surface area contributed by atoms with Gasteiger partial charge in [-0.1, -0.05) is 0 Å². The highest BCUT2D eigenvalue weighted by Crippen LogP contribution is 2.31. The van der Waals surface area contributed by atoms with Gasteiger partial charge in [0.1, 0.15) is 11.4 Å². The van der Waals surface area contributed by atoms with E-state index in [9.17, 15) is 15.2 Å². The van der Waals surface area contributed by atoms with Crippen LogP contribution in [0.5, 0.6) is 5.75 Å². The number of rotatable bonds is 2. The zero-order chi connectivity index (χ0) is 11.5. The van der Waals surface area contributed by atoms with E-state index in [-0.39, 0.29) is 11.4 Å². The fourth-order valence-corrected chi connectivity index (χ4v) is 1.83. The van der Waals surface area contributed by atoms with Gasteiger partial charge in [-0.25, -0.2) is 0 Å². The van der Waals surface area contributed by atoms with Crippen molar-refractivity contribution in [2.24, 2.45) is 0 Å². The molecular weight excluding hydrogens is 210 g/mol. The van der Waals surface area contributed by atoms with E-state index in [0.717, 1.165) is 26.2 Å². The van der Waals surface area contributed by atoms with Crippen molar-refractivity contribution < 1.29 is 10.0 Å². The largest absolute Gasteiger partial charge is 0.508 e. The number of nitro groups is 1. The predicted octanol–water partition coefficient (Wildman–Crippen LogP) is 0.710. The molecule has 1 aliphatic heterocycles. The molecule has 1 saturated heterocycles. The first-order chi connectivity index (χ1) is 7.68. The fourth-order valence-electron chi connectivity index (χ4n) is 1.83. The van der Waals surface area contributed by atoms with Crippen LogP contribution < -0.4 is 10.2 Å². The van der Waals surface area contributed by atoms with Crippen LogP contribution in [-0.4, -0.2) is 36.2 Å². The van der Waals surface area contributed by atoms with Crippen LogP contribution in [0.1, 0.15) is 0 Å². The van der Waals surface area contributed by atoms with Crippen LogP contribution >= 0.6 is 0 Å². The molecule has 0 radical (unpaired) electrons. The molecule has 1 heterocycles. The Hall–Kier alpha value is -1.82. The van der Waals surface area contributed by atoms with E-state index in [4.69, 9.17) is 0 Å². The van der Waals surface area contributed by atoms with Crippen molar-refractivity contribution in [2.45, 2.75) is 0 Å². The van der Waals surface area contributed by atoms with E-state index < -0.39 is 4.92 Å². The van der Waals surface area contributed by atoms with Gasteiger partial charge in [0, 0.05) is 26.2 Å². The number of anilines is 1. The van der Waals surface area contributed by atoms with Gasteiger partial charge in [-0.3, -0.25) is 10.1 Å². The molecule has 0 amide bonds. The van der Waals surface area contributed by atoms with Crippen molar-refractivity contribution in [2.75, 3.05) is 31.1 Å². The Morgan fingerprint density at radius 1 is 1.38 bits per heavy atom. The van der Waals surface area contributed by atoms with Crippen LogP contribution in [0, 0.1) is 10.1 Å². The number of piperazine rings is 1. The molecule has 2 rings (SSSR count). The number of nitrogens with zero attached hydrogens (tertiary/aromatic N) is 2. The van der Waals surface area contributed by atoms with Crippen molar-refractivity contribution in [1.82, 2.24) is 5.32 Å². The molecule has 1 aromatic carbocycles. The molecule has 0 unspecified atom stereocenters. The summed E-state index contributed by atoms with van der Waals surface area (Å²) < 4.78 is 0. The van der Waals surface area contributed by atoms with E-state index in [2.05, 4.69) is 5.32 Å². The maximum absolute atomic E-state index is 10.9. The van der Waals surface area contributed by atoms with Gasteiger partial charge in [0.05, 0.1) is 11.0 Å². The maximum Gasteiger partial charge on any atom is 0.296 e. The predicted molar refractivity (Wildman–Crippen MR) is 59.8 cm³/mol. The normalized spacial score (nSPS) is 16.1. The zero-order valence-electron chi connectivity index (χ0n) is 8.72. The molecule has 0 spiro atoms. The minimum atomic E-state index is -0.461. The number of phenols is 1. The second-order valence-corrected chi connectivity index (χ2v) is 3.67. The average molecular weight is 223 g/mol. The maximum atomic E-state index is 10.9. The summed E-state index contributed by atoms with van der Waals surface area (Å²) in [4.78, 5) is 12.4. The van der Waals surface area contributed by atoms with Gasteiger partial charge in [0.2, 0.25) is 0 Å². The fraction of sp³-hybridized carbons (Fsp3) is 0.400. The van der Waals surface area contributed by atoms with Crippen LogP contribution in [0.2, 0.25) is 0 Å². The Balaban J connectivity index is 2.34. The van der Waals surface area contributed by atoms with Gasteiger partial charge in [0.15, 0.2) is 0 Å². The summed E-state index contributed by atoms with van der Waals surface area (Å²) in [6.45, 7) is 3.12. The van der Waals surface area contributed by atoms with Crippen LogP contribution in [-0.2, 0) is 0 Å². The molecular formula is C10H13N3O3. The van der Waals surface area contributed by atoms with Crippen LogP contribution in [0.15, 0.2) is 18.2 Å². The van der Waals surface area contributed by atoms with Crippen molar-refractivity contribution >= 4 is 11.4 Å². The summed E-state index contributed by atoms with van der Waals surface area (Å²) in [5.41, 5.74) is 0.534. The summed E-state index contributed by atoms with van der Waals surface area (Å²) in [5, 5.41) is 23.3. The van der Waals surface area contributed by atoms with Gasteiger partial charge in [0.25, 0.3) is 5.69 Å². The number of hydrogen-bond donors (Lipinski definition) is 2. The lowest BCUT2D eigenvalue weighted by molar-refractivity contribution is -0.384. The van der Waals surface area contributed by atoms with Crippen molar-refractivity contribution in [1.29, 1.82) is 0 Å². The Morgan fingerprint density at radius 2 is 2.06 bits per heavy atom. The minimum absolute atomic E-state index is 0.0399. The standard InChI is InChI=1S/C10H13N3O3/c14-8-1-2-9(10(7-8)13(15)16)12-5-3-11-4-6-12/h1-2,7,11,14H,3-6H2. The molecule has 0 bridgehead atoms. The highest BCUT2D eigenvalue weighted by atomic mass is 16.6. The SMILES string of the molecule is O=[N+]([O-])c1cc(O)ccc1N1CCNCC1. The van der Waals surface area contributed by atoms with Gasteiger partial charge in [-0.15, -0.1) is 0 Å². The molecule has 6 heteroatoms. The monoisotopic (exact) mass is 223 g/mol. The third-order valence-electron chi connectivity index (χ3n) is 2.61. The molecule has 86 valence electrons. The lowest BCUT2D eigenvalue weighted by atomic mass is 10.2.